The fraction of sp³-hybridized carbons (Fsp3) is 0.0625. The van der Waals surface area contributed by atoms with Crippen molar-refractivity contribution < 1.29 is 9.90 Å². The number of ketones is 1. The van der Waals surface area contributed by atoms with Gasteiger partial charge in [0.25, 0.3) is 0 Å². The SMILES string of the molecule is Cc1ccc(C(=O)C#Cc2ccccc2)c(O)c1. The number of phenolic OH excluding ortho intramolecular Hbond substituents is 1. The van der Waals surface area contributed by atoms with E-state index in [1.807, 2.05) is 37.3 Å². The minimum absolute atomic E-state index is 0.0256. The van der Waals surface area contributed by atoms with Gasteiger partial charge < -0.3 is 5.11 Å². The van der Waals surface area contributed by atoms with Crippen molar-refractivity contribution in [3.05, 3.63) is 65.2 Å². The minimum atomic E-state index is -0.378. The van der Waals surface area contributed by atoms with Crippen LogP contribution < -0.4 is 0 Å². The fourth-order valence-electron chi connectivity index (χ4n) is 1.55. The number of aryl methyl sites for hydroxylation is 1. The molecule has 0 aliphatic rings. The summed E-state index contributed by atoms with van der Waals surface area (Å²) in [6.45, 7) is 1.85. The zero-order chi connectivity index (χ0) is 13.0. The molecule has 1 N–H and O–H groups in total. The second-order valence-electron chi connectivity index (χ2n) is 3.97. The Kier molecular flexibility index (Phi) is 3.45. The summed E-state index contributed by atoms with van der Waals surface area (Å²) in [5.41, 5.74) is 1.92. The number of benzene rings is 2. The van der Waals surface area contributed by atoms with E-state index in [1.54, 1.807) is 18.2 Å². The number of phenols is 1. The first-order chi connectivity index (χ1) is 8.66. The molecule has 2 rings (SSSR count). The van der Waals surface area contributed by atoms with Gasteiger partial charge in [-0.2, -0.15) is 0 Å². The molecule has 2 nitrogen and oxygen atoms in total. The standard InChI is InChI=1S/C16H12O2/c1-12-7-9-14(16(18)11-12)15(17)10-8-13-5-3-2-4-6-13/h2-7,9,11,18H,1H3. The molecule has 0 aliphatic carbocycles. The van der Waals surface area contributed by atoms with Gasteiger partial charge in [0, 0.05) is 5.56 Å². The Morgan fingerprint density at radius 2 is 1.83 bits per heavy atom. The molecule has 0 saturated carbocycles. The Morgan fingerprint density at radius 1 is 1.11 bits per heavy atom. The zero-order valence-corrected chi connectivity index (χ0v) is 9.97. The van der Waals surface area contributed by atoms with Crippen LogP contribution in [0.1, 0.15) is 21.5 Å². The predicted octanol–water partition coefficient (Wildman–Crippen LogP) is 2.94. The lowest BCUT2D eigenvalue weighted by atomic mass is 10.1. The lowest BCUT2D eigenvalue weighted by Crippen LogP contribution is -1.95. The summed E-state index contributed by atoms with van der Waals surface area (Å²) in [4.78, 5) is 11.8. The molecule has 0 aromatic heterocycles. The Morgan fingerprint density at radius 3 is 2.50 bits per heavy atom. The molecule has 0 unspecified atom stereocenters. The molecular weight excluding hydrogens is 224 g/mol. The van der Waals surface area contributed by atoms with E-state index < -0.39 is 0 Å². The molecule has 2 aromatic rings. The summed E-state index contributed by atoms with van der Waals surface area (Å²) < 4.78 is 0. The van der Waals surface area contributed by atoms with Crippen LogP contribution in [0.25, 0.3) is 0 Å². The lowest BCUT2D eigenvalue weighted by molar-refractivity contribution is 0.105. The highest BCUT2D eigenvalue weighted by Gasteiger charge is 2.07. The van der Waals surface area contributed by atoms with Crippen LogP contribution in [-0.4, -0.2) is 10.9 Å². The maximum Gasteiger partial charge on any atom is 0.239 e. The quantitative estimate of drug-likeness (QED) is 0.610. The average Bonchev–Trinajstić information content (AvgIpc) is 2.37. The van der Waals surface area contributed by atoms with Gasteiger partial charge in [-0.15, -0.1) is 0 Å². The Hall–Kier alpha value is -2.53. The van der Waals surface area contributed by atoms with Crippen molar-refractivity contribution in [3.8, 4) is 17.6 Å². The van der Waals surface area contributed by atoms with Crippen molar-refractivity contribution in [1.29, 1.82) is 0 Å². The number of carbonyl (C=O) groups is 1. The zero-order valence-electron chi connectivity index (χ0n) is 9.97. The van der Waals surface area contributed by atoms with Crippen molar-refractivity contribution >= 4 is 5.78 Å². The molecule has 0 heterocycles. The second kappa shape index (κ2) is 5.20. The number of carbonyl (C=O) groups excluding carboxylic acids is 1. The molecular formula is C16H12O2. The van der Waals surface area contributed by atoms with Crippen molar-refractivity contribution in [3.63, 3.8) is 0 Å². The smallest absolute Gasteiger partial charge is 0.239 e. The van der Waals surface area contributed by atoms with Crippen LogP contribution in [-0.2, 0) is 0 Å². The third-order valence-corrected chi connectivity index (χ3v) is 2.49. The van der Waals surface area contributed by atoms with E-state index >= 15 is 0 Å². The number of hydrogen-bond donors (Lipinski definition) is 1. The molecule has 0 radical (unpaired) electrons. The van der Waals surface area contributed by atoms with E-state index in [1.165, 1.54) is 0 Å². The van der Waals surface area contributed by atoms with Crippen molar-refractivity contribution in [2.75, 3.05) is 0 Å². The topological polar surface area (TPSA) is 37.3 Å². The number of aromatic hydroxyl groups is 1. The van der Waals surface area contributed by atoms with Crippen molar-refractivity contribution in [2.24, 2.45) is 0 Å². The summed E-state index contributed by atoms with van der Waals surface area (Å²) in [5.74, 6) is 4.90. The van der Waals surface area contributed by atoms with E-state index in [2.05, 4.69) is 11.8 Å². The highest BCUT2D eigenvalue weighted by Crippen LogP contribution is 2.18. The van der Waals surface area contributed by atoms with Crippen LogP contribution in [0.3, 0.4) is 0 Å². The maximum absolute atomic E-state index is 11.8. The molecule has 2 aromatic carbocycles. The second-order valence-corrected chi connectivity index (χ2v) is 3.97. The molecule has 0 aliphatic heterocycles. The summed E-state index contributed by atoms with van der Waals surface area (Å²) >= 11 is 0. The number of Topliss-reactive ketones (excluding diaryl/α,β-unsaturated/α-hetero) is 1. The van der Waals surface area contributed by atoms with Crippen LogP contribution >= 0.6 is 0 Å². The Bertz CT molecular complexity index is 631. The van der Waals surface area contributed by atoms with Crippen molar-refractivity contribution in [2.45, 2.75) is 6.92 Å². The highest BCUT2D eigenvalue weighted by molar-refractivity contribution is 6.11. The van der Waals surface area contributed by atoms with Gasteiger partial charge in [-0.25, -0.2) is 0 Å². The first-order valence-corrected chi connectivity index (χ1v) is 5.58. The van der Waals surface area contributed by atoms with E-state index in [9.17, 15) is 9.90 Å². The predicted molar refractivity (Wildman–Crippen MR) is 70.5 cm³/mol. The molecule has 0 spiro atoms. The molecule has 0 amide bonds. The third kappa shape index (κ3) is 2.78. The van der Waals surface area contributed by atoms with Crippen LogP contribution in [0.15, 0.2) is 48.5 Å². The Labute approximate surface area is 106 Å². The first kappa shape index (κ1) is 11.9. The summed E-state index contributed by atoms with van der Waals surface area (Å²) in [6, 6.07) is 14.2. The van der Waals surface area contributed by atoms with Gasteiger partial charge in [0.05, 0.1) is 5.56 Å². The van der Waals surface area contributed by atoms with Crippen LogP contribution in [0, 0.1) is 18.8 Å². The molecule has 2 heteroatoms. The van der Waals surface area contributed by atoms with Crippen molar-refractivity contribution in [1.82, 2.24) is 0 Å². The van der Waals surface area contributed by atoms with Crippen LogP contribution in [0.5, 0.6) is 5.75 Å². The monoisotopic (exact) mass is 236 g/mol. The first-order valence-electron chi connectivity index (χ1n) is 5.58. The van der Waals surface area contributed by atoms with Gasteiger partial charge in [0.2, 0.25) is 5.78 Å². The van der Waals surface area contributed by atoms with Gasteiger partial charge in [0.1, 0.15) is 5.75 Å². The molecule has 18 heavy (non-hydrogen) atoms. The summed E-state index contributed by atoms with van der Waals surface area (Å²) in [5, 5.41) is 9.67. The minimum Gasteiger partial charge on any atom is -0.507 e. The largest absolute Gasteiger partial charge is 0.507 e. The number of hydrogen-bond acceptors (Lipinski definition) is 2. The molecule has 0 saturated heterocycles. The van der Waals surface area contributed by atoms with E-state index in [4.69, 9.17) is 0 Å². The van der Waals surface area contributed by atoms with Gasteiger partial charge in [-0.3, -0.25) is 4.79 Å². The average molecular weight is 236 g/mol. The summed E-state index contributed by atoms with van der Waals surface area (Å²) in [7, 11) is 0. The van der Waals surface area contributed by atoms with Crippen LogP contribution in [0.4, 0.5) is 0 Å². The molecule has 0 atom stereocenters. The lowest BCUT2D eigenvalue weighted by Gasteiger charge is -1.99. The van der Waals surface area contributed by atoms with Gasteiger partial charge in [-0.05, 0) is 42.7 Å². The van der Waals surface area contributed by atoms with Gasteiger partial charge in [-0.1, -0.05) is 30.2 Å². The van der Waals surface area contributed by atoms with Crippen LogP contribution in [0.2, 0.25) is 0 Å². The molecule has 88 valence electrons. The summed E-state index contributed by atoms with van der Waals surface area (Å²) in [6.07, 6.45) is 0. The highest BCUT2D eigenvalue weighted by atomic mass is 16.3. The molecule has 0 bridgehead atoms. The third-order valence-electron chi connectivity index (χ3n) is 2.49. The maximum atomic E-state index is 11.8. The Balaban J connectivity index is 2.26. The van der Waals surface area contributed by atoms with Gasteiger partial charge >= 0.3 is 0 Å². The fourth-order valence-corrected chi connectivity index (χ4v) is 1.55. The van der Waals surface area contributed by atoms with E-state index in [0.717, 1.165) is 11.1 Å². The molecule has 0 fully saturated rings. The van der Waals surface area contributed by atoms with E-state index in [0.29, 0.717) is 0 Å². The van der Waals surface area contributed by atoms with E-state index in [-0.39, 0.29) is 17.1 Å². The number of rotatable bonds is 1. The van der Waals surface area contributed by atoms with Gasteiger partial charge in [0.15, 0.2) is 0 Å². The normalized spacial score (nSPS) is 9.39.